The van der Waals surface area contributed by atoms with Gasteiger partial charge in [-0.15, -0.1) is 0 Å². The molecule has 0 radical (unpaired) electrons. The summed E-state index contributed by atoms with van der Waals surface area (Å²) in [5.74, 6) is -1.11. The van der Waals surface area contributed by atoms with Gasteiger partial charge in [0.1, 0.15) is 0 Å². The molecule has 1 aromatic rings. The van der Waals surface area contributed by atoms with Crippen LogP contribution < -0.4 is 0 Å². The third-order valence-corrected chi connectivity index (χ3v) is 3.55. The highest BCUT2D eigenvalue weighted by atomic mass is 16.6. The number of carbonyl (C=O) groups is 2. The molecule has 1 aliphatic rings. The van der Waals surface area contributed by atoms with Gasteiger partial charge in [0.15, 0.2) is 6.79 Å². The van der Waals surface area contributed by atoms with E-state index in [4.69, 9.17) is 15.3 Å². The molecule has 0 unspecified atom stereocenters. The summed E-state index contributed by atoms with van der Waals surface area (Å²) >= 11 is 0. The quantitative estimate of drug-likeness (QED) is 0.581. The predicted octanol–water partition coefficient (Wildman–Crippen LogP) is 2.05. The van der Waals surface area contributed by atoms with Crippen molar-refractivity contribution in [2.24, 2.45) is 5.92 Å². The van der Waals surface area contributed by atoms with E-state index >= 15 is 0 Å². The number of carboxylic acid groups (broad SMARTS) is 1. The second-order valence-electron chi connectivity index (χ2n) is 5.13. The monoisotopic (exact) mass is 310 g/mol. The Kier molecular flexibility index (Phi) is 8.17. The Morgan fingerprint density at radius 1 is 1.00 bits per heavy atom. The van der Waals surface area contributed by atoms with Crippen molar-refractivity contribution in [3.8, 4) is 0 Å². The first-order chi connectivity index (χ1) is 10.6. The molecule has 0 spiro atoms. The van der Waals surface area contributed by atoms with E-state index in [1.807, 2.05) is 0 Å². The van der Waals surface area contributed by atoms with Crippen molar-refractivity contribution in [1.82, 2.24) is 0 Å². The van der Waals surface area contributed by atoms with Crippen LogP contribution in [0.1, 0.15) is 52.8 Å². The fourth-order valence-corrected chi connectivity index (χ4v) is 2.26. The van der Waals surface area contributed by atoms with Crippen LogP contribution in [0, 0.1) is 5.92 Å². The first-order valence-electron chi connectivity index (χ1n) is 7.30. The minimum absolute atomic E-state index is 0.0885. The van der Waals surface area contributed by atoms with Crippen molar-refractivity contribution in [2.75, 3.05) is 13.4 Å². The molecule has 0 aliphatic heterocycles. The summed E-state index contributed by atoms with van der Waals surface area (Å²) < 4.78 is 4.30. The summed E-state index contributed by atoms with van der Waals surface area (Å²) in [6.07, 6.45) is 6.58. The Morgan fingerprint density at radius 2 is 1.55 bits per heavy atom. The van der Waals surface area contributed by atoms with Gasteiger partial charge in [0.05, 0.1) is 11.1 Å². The lowest BCUT2D eigenvalue weighted by atomic mass is 9.90. The van der Waals surface area contributed by atoms with Crippen LogP contribution >= 0.6 is 0 Å². The standard InChI is InChI=1S/C9H8O5.C7H14O/c10-5-14-9(13)7-3-1-6(2-4-7)8(11)12;8-6-7-4-2-1-3-5-7/h1-4,10H,5H2,(H,11,12);7-8H,1-6H2. The largest absolute Gasteiger partial charge is 0.478 e. The number of aromatic carboxylic acids is 1. The molecule has 1 saturated carbocycles. The van der Waals surface area contributed by atoms with Crippen molar-refractivity contribution in [3.05, 3.63) is 35.4 Å². The Labute approximate surface area is 129 Å². The zero-order valence-electron chi connectivity index (χ0n) is 12.4. The predicted molar refractivity (Wildman–Crippen MR) is 79.6 cm³/mol. The van der Waals surface area contributed by atoms with Crippen molar-refractivity contribution in [2.45, 2.75) is 32.1 Å². The molecule has 0 saturated heterocycles. The van der Waals surface area contributed by atoms with Crippen LogP contribution in [-0.4, -0.2) is 40.7 Å². The molecule has 1 aromatic carbocycles. The summed E-state index contributed by atoms with van der Waals surface area (Å²) in [4.78, 5) is 21.4. The molecular weight excluding hydrogens is 288 g/mol. The van der Waals surface area contributed by atoms with Gasteiger partial charge in [-0.1, -0.05) is 19.3 Å². The summed E-state index contributed by atoms with van der Waals surface area (Å²) in [6, 6.07) is 5.22. The molecule has 0 amide bonds. The van der Waals surface area contributed by atoms with Gasteiger partial charge in [-0.25, -0.2) is 9.59 Å². The first-order valence-corrected chi connectivity index (χ1v) is 7.30. The Morgan fingerprint density at radius 3 is 1.95 bits per heavy atom. The fourth-order valence-electron chi connectivity index (χ4n) is 2.26. The zero-order chi connectivity index (χ0) is 16.4. The second kappa shape index (κ2) is 9.92. The minimum Gasteiger partial charge on any atom is -0.478 e. The van der Waals surface area contributed by atoms with E-state index in [1.54, 1.807) is 0 Å². The number of aliphatic hydroxyl groups excluding tert-OH is 2. The van der Waals surface area contributed by atoms with Gasteiger partial charge in [-0.05, 0) is 43.0 Å². The normalized spacial score (nSPS) is 14.6. The molecule has 122 valence electrons. The van der Waals surface area contributed by atoms with Gasteiger partial charge >= 0.3 is 11.9 Å². The molecule has 0 bridgehead atoms. The second-order valence-corrected chi connectivity index (χ2v) is 5.13. The van der Waals surface area contributed by atoms with E-state index in [0.717, 1.165) is 0 Å². The van der Waals surface area contributed by atoms with Crippen molar-refractivity contribution >= 4 is 11.9 Å². The molecule has 3 N–H and O–H groups in total. The molecule has 0 aromatic heterocycles. The third kappa shape index (κ3) is 6.24. The maximum Gasteiger partial charge on any atom is 0.340 e. The SMILES string of the molecule is O=C(O)c1ccc(C(=O)OCO)cc1.OCC1CCCCC1. The van der Waals surface area contributed by atoms with Gasteiger partial charge in [-0.3, -0.25) is 0 Å². The smallest absolute Gasteiger partial charge is 0.340 e. The average Bonchev–Trinajstić information content (AvgIpc) is 2.56. The summed E-state index contributed by atoms with van der Waals surface area (Å²) in [5, 5.41) is 25.6. The van der Waals surface area contributed by atoms with Gasteiger partial charge in [0.25, 0.3) is 0 Å². The van der Waals surface area contributed by atoms with Crippen LogP contribution in [0.15, 0.2) is 24.3 Å². The topological polar surface area (TPSA) is 104 Å². The molecule has 0 atom stereocenters. The van der Waals surface area contributed by atoms with E-state index in [9.17, 15) is 9.59 Å². The Hall–Kier alpha value is -1.92. The average molecular weight is 310 g/mol. The Bertz CT molecular complexity index is 462. The van der Waals surface area contributed by atoms with Gasteiger partial charge < -0.3 is 20.1 Å². The molecule has 0 heterocycles. The fraction of sp³-hybridized carbons (Fsp3) is 0.500. The van der Waals surface area contributed by atoms with E-state index < -0.39 is 18.7 Å². The number of carbonyl (C=O) groups excluding carboxylic acids is 1. The number of carboxylic acids is 1. The van der Waals surface area contributed by atoms with Crippen LogP contribution in [0.3, 0.4) is 0 Å². The molecule has 1 fully saturated rings. The third-order valence-electron chi connectivity index (χ3n) is 3.55. The van der Waals surface area contributed by atoms with Crippen LogP contribution in [0.5, 0.6) is 0 Å². The van der Waals surface area contributed by atoms with E-state index in [-0.39, 0.29) is 11.1 Å². The number of hydrogen-bond acceptors (Lipinski definition) is 5. The number of ether oxygens (including phenoxy) is 1. The summed E-state index contributed by atoms with van der Waals surface area (Å²) in [5.41, 5.74) is 0.287. The van der Waals surface area contributed by atoms with Crippen LogP contribution in [0.4, 0.5) is 0 Å². The molecule has 1 aliphatic carbocycles. The zero-order valence-corrected chi connectivity index (χ0v) is 12.4. The van der Waals surface area contributed by atoms with Crippen molar-refractivity contribution in [1.29, 1.82) is 0 Å². The molecule has 6 heteroatoms. The van der Waals surface area contributed by atoms with Crippen molar-refractivity contribution < 1.29 is 29.6 Å². The molecule has 6 nitrogen and oxygen atoms in total. The van der Waals surface area contributed by atoms with Crippen molar-refractivity contribution in [3.63, 3.8) is 0 Å². The lowest BCUT2D eigenvalue weighted by Gasteiger charge is -2.18. The van der Waals surface area contributed by atoms with Crippen LogP contribution in [0.2, 0.25) is 0 Å². The highest BCUT2D eigenvalue weighted by Crippen LogP contribution is 2.22. The van der Waals surface area contributed by atoms with Crippen LogP contribution in [-0.2, 0) is 4.74 Å². The van der Waals surface area contributed by atoms with E-state index in [2.05, 4.69) is 4.74 Å². The number of benzene rings is 1. The highest BCUT2D eigenvalue weighted by molar-refractivity contribution is 5.92. The Balaban J connectivity index is 0.000000255. The van der Waals surface area contributed by atoms with Gasteiger partial charge in [0, 0.05) is 6.61 Å². The van der Waals surface area contributed by atoms with E-state index in [1.165, 1.54) is 56.4 Å². The molecular formula is C16H22O6. The minimum atomic E-state index is -1.06. The van der Waals surface area contributed by atoms with Gasteiger partial charge in [-0.2, -0.15) is 0 Å². The highest BCUT2D eigenvalue weighted by Gasteiger charge is 2.10. The maximum absolute atomic E-state index is 11.0. The molecule has 2 rings (SSSR count). The lowest BCUT2D eigenvalue weighted by molar-refractivity contribution is 0.00680. The van der Waals surface area contributed by atoms with Gasteiger partial charge in [0.2, 0.25) is 0 Å². The lowest BCUT2D eigenvalue weighted by Crippen LogP contribution is -2.09. The summed E-state index contributed by atoms with van der Waals surface area (Å²) in [6.45, 7) is -0.278. The number of aliphatic hydroxyl groups is 2. The number of rotatable bonds is 4. The van der Waals surface area contributed by atoms with Crippen LogP contribution in [0.25, 0.3) is 0 Å². The summed E-state index contributed by atoms with van der Waals surface area (Å²) in [7, 11) is 0. The molecule has 22 heavy (non-hydrogen) atoms. The number of esters is 1. The first kappa shape index (κ1) is 18.1. The number of hydrogen-bond donors (Lipinski definition) is 3. The maximum atomic E-state index is 11.0. The van der Waals surface area contributed by atoms with E-state index in [0.29, 0.717) is 12.5 Å².